The second-order valence-corrected chi connectivity index (χ2v) is 10.5. The van der Waals surface area contributed by atoms with Crippen LogP contribution in [-0.4, -0.2) is 4.57 Å². The lowest BCUT2D eigenvalue weighted by Gasteiger charge is -2.21. The molecule has 1 nitrogen and oxygen atoms in total. The molecule has 0 radical (unpaired) electrons. The zero-order valence-electron chi connectivity index (χ0n) is 23.0. The number of allylic oxidation sites excluding steroid dienone is 1. The minimum absolute atomic E-state index is 0.676. The van der Waals surface area contributed by atoms with E-state index >= 15 is 0 Å². The van der Waals surface area contributed by atoms with Gasteiger partial charge in [0.15, 0.2) is 0 Å². The van der Waals surface area contributed by atoms with Crippen molar-refractivity contribution in [2.75, 3.05) is 0 Å². The largest absolute Gasteiger partial charge is 0.347 e. The van der Waals surface area contributed by atoms with Crippen LogP contribution in [0.15, 0.2) is 79.0 Å². The molecule has 0 N–H and O–H groups in total. The Morgan fingerprint density at radius 3 is 2.50 bits per heavy atom. The number of rotatable bonds is 11. The molecule has 4 rings (SSSR count). The standard InChI is InChI=1S/C35H43N/c1-6-12-32-28(5)33(34(13-7-2)29-15-9-8-10-16-29)19-18-30(32)24-26(3)14-11-22-36-23-21-31-25-27(4)17-20-35(31)36/h8-10,13,15-21,23,25-26H,6-7,11-12,14,22,24H2,1-5H3/b34-13-. The molecule has 1 atom stereocenters. The van der Waals surface area contributed by atoms with E-state index in [1.165, 1.54) is 64.4 Å². The van der Waals surface area contributed by atoms with Crippen LogP contribution in [0.2, 0.25) is 0 Å². The van der Waals surface area contributed by atoms with Crippen molar-refractivity contribution in [3.8, 4) is 0 Å². The summed E-state index contributed by atoms with van der Waals surface area (Å²) in [6.07, 6.45) is 11.7. The minimum atomic E-state index is 0.676. The first-order valence-electron chi connectivity index (χ1n) is 13.9. The van der Waals surface area contributed by atoms with E-state index in [-0.39, 0.29) is 0 Å². The van der Waals surface area contributed by atoms with Crippen molar-refractivity contribution in [3.63, 3.8) is 0 Å². The zero-order valence-corrected chi connectivity index (χ0v) is 23.0. The molecule has 0 fully saturated rings. The third-order valence-corrected chi connectivity index (χ3v) is 7.57. The van der Waals surface area contributed by atoms with Gasteiger partial charge in [-0.25, -0.2) is 0 Å². The van der Waals surface area contributed by atoms with Gasteiger partial charge < -0.3 is 4.57 Å². The molecule has 0 aliphatic heterocycles. The van der Waals surface area contributed by atoms with Crippen LogP contribution in [0.25, 0.3) is 16.5 Å². The fraction of sp³-hybridized carbons (Fsp3) is 0.371. The summed E-state index contributed by atoms with van der Waals surface area (Å²) in [6, 6.07) is 24.7. The fourth-order valence-corrected chi connectivity index (χ4v) is 5.70. The average molecular weight is 478 g/mol. The summed E-state index contributed by atoms with van der Waals surface area (Å²) in [5, 5.41) is 1.36. The summed E-state index contributed by atoms with van der Waals surface area (Å²) < 4.78 is 2.42. The molecule has 3 aromatic carbocycles. The van der Waals surface area contributed by atoms with Crippen molar-refractivity contribution >= 4 is 16.5 Å². The van der Waals surface area contributed by atoms with Gasteiger partial charge in [0.2, 0.25) is 0 Å². The number of hydrogen-bond donors (Lipinski definition) is 0. The molecule has 0 amide bonds. The Kier molecular flexibility index (Phi) is 8.86. The molecule has 36 heavy (non-hydrogen) atoms. The van der Waals surface area contributed by atoms with Crippen LogP contribution in [0.5, 0.6) is 0 Å². The molecule has 1 heterocycles. The second-order valence-electron chi connectivity index (χ2n) is 10.5. The highest BCUT2D eigenvalue weighted by molar-refractivity contribution is 5.82. The van der Waals surface area contributed by atoms with Crippen molar-refractivity contribution in [3.05, 3.63) is 112 Å². The molecular formula is C35H43N. The molecule has 0 saturated carbocycles. The highest BCUT2D eigenvalue weighted by atomic mass is 14.9. The molecule has 188 valence electrons. The Labute approximate surface area is 218 Å². The van der Waals surface area contributed by atoms with Gasteiger partial charge in [-0.05, 0) is 109 Å². The maximum Gasteiger partial charge on any atom is 0.0480 e. The van der Waals surface area contributed by atoms with E-state index < -0.39 is 0 Å². The molecule has 4 aromatic rings. The molecule has 0 saturated heterocycles. The maximum absolute atomic E-state index is 2.43. The summed E-state index contributed by atoms with van der Waals surface area (Å²) in [5.74, 6) is 0.676. The van der Waals surface area contributed by atoms with E-state index in [0.717, 1.165) is 19.4 Å². The minimum Gasteiger partial charge on any atom is -0.347 e. The van der Waals surface area contributed by atoms with Crippen molar-refractivity contribution in [2.45, 2.75) is 79.7 Å². The molecule has 1 aromatic heterocycles. The Morgan fingerprint density at radius 1 is 0.944 bits per heavy atom. The monoisotopic (exact) mass is 477 g/mol. The van der Waals surface area contributed by atoms with Gasteiger partial charge in [-0.15, -0.1) is 0 Å². The number of fused-ring (bicyclic) bond motifs is 1. The van der Waals surface area contributed by atoms with Crippen LogP contribution in [-0.2, 0) is 19.4 Å². The maximum atomic E-state index is 2.43. The van der Waals surface area contributed by atoms with Gasteiger partial charge in [-0.1, -0.05) is 87.4 Å². The third kappa shape index (κ3) is 6.01. The number of aryl methyl sites for hydroxylation is 2. The van der Waals surface area contributed by atoms with Crippen molar-refractivity contribution in [2.24, 2.45) is 5.92 Å². The Hall–Kier alpha value is -3.06. The summed E-state index contributed by atoms with van der Waals surface area (Å²) in [6.45, 7) is 12.6. The molecular weight excluding hydrogens is 434 g/mol. The number of benzene rings is 3. The number of aromatic nitrogens is 1. The van der Waals surface area contributed by atoms with Gasteiger partial charge in [-0.3, -0.25) is 0 Å². The van der Waals surface area contributed by atoms with Crippen molar-refractivity contribution in [1.29, 1.82) is 0 Å². The predicted molar refractivity (Wildman–Crippen MR) is 158 cm³/mol. The van der Waals surface area contributed by atoms with Crippen molar-refractivity contribution < 1.29 is 0 Å². The molecule has 0 spiro atoms. The van der Waals surface area contributed by atoms with Crippen LogP contribution < -0.4 is 0 Å². The van der Waals surface area contributed by atoms with Crippen LogP contribution >= 0.6 is 0 Å². The molecule has 0 bridgehead atoms. The van der Waals surface area contributed by atoms with Gasteiger partial charge in [0.25, 0.3) is 0 Å². The number of nitrogens with zero attached hydrogens (tertiary/aromatic N) is 1. The van der Waals surface area contributed by atoms with E-state index in [1.54, 1.807) is 11.1 Å². The molecule has 1 unspecified atom stereocenters. The normalized spacial score (nSPS) is 12.9. The molecule has 0 aliphatic carbocycles. The first-order valence-corrected chi connectivity index (χ1v) is 13.9. The quantitative estimate of drug-likeness (QED) is 0.203. The van der Waals surface area contributed by atoms with Crippen molar-refractivity contribution in [1.82, 2.24) is 4.57 Å². The lowest BCUT2D eigenvalue weighted by molar-refractivity contribution is 0.480. The van der Waals surface area contributed by atoms with Crippen LogP contribution in [0, 0.1) is 19.8 Å². The van der Waals surface area contributed by atoms with E-state index in [9.17, 15) is 0 Å². The van der Waals surface area contributed by atoms with E-state index in [0.29, 0.717) is 5.92 Å². The first-order chi connectivity index (χ1) is 17.5. The average Bonchev–Trinajstić information content (AvgIpc) is 3.27. The SMILES string of the molecule is CC/C=C(/c1ccccc1)c1ccc(CC(C)CCCn2ccc3cc(C)ccc32)c(CCC)c1C. The van der Waals surface area contributed by atoms with Crippen LogP contribution in [0.3, 0.4) is 0 Å². The highest BCUT2D eigenvalue weighted by Gasteiger charge is 2.15. The van der Waals surface area contributed by atoms with Gasteiger partial charge in [0.1, 0.15) is 0 Å². The van der Waals surface area contributed by atoms with E-state index in [4.69, 9.17) is 0 Å². The van der Waals surface area contributed by atoms with Gasteiger partial charge in [0, 0.05) is 18.3 Å². The first kappa shape index (κ1) is 26.0. The zero-order chi connectivity index (χ0) is 25.5. The third-order valence-electron chi connectivity index (χ3n) is 7.57. The topological polar surface area (TPSA) is 4.93 Å². The summed E-state index contributed by atoms with van der Waals surface area (Å²) in [4.78, 5) is 0. The van der Waals surface area contributed by atoms with Gasteiger partial charge >= 0.3 is 0 Å². The Balaban J connectivity index is 1.48. The summed E-state index contributed by atoms with van der Waals surface area (Å²) in [5.41, 5.74) is 11.4. The van der Waals surface area contributed by atoms with Crippen LogP contribution in [0.4, 0.5) is 0 Å². The fourth-order valence-electron chi connectivity index (χ4n) is 5.70. The lowest BCUT2D eigenvalue weighted by atomic mass is 9.84. The Bertz CT molecular complexity index is 1310. The highest BCUT2D eigenvalue weighted by Crippen LogP contribution is 2.32. The van der Waals surface area contributed by atoms with E-state index in [2.05, 4.69) is 118 Å². The summed E-state index contributed by atoms with van der Waals surface area (Å²) in [7, 11) is 0. The summed E-state index contributed by atoms with van der Waals surface area (Å²) >= 11 is 0. The Morgan fingerprint density at radius 2 is 1.75 bits per heavy atom. The molecule has 1 heteroatoms. The molecule has 0 aliphatic rings. The second kappa shape index (κ2) is 12.3. The predicted octanol–water partition coefficient (Wildman–Crippen LogP) is 9.71. The van der Waals surface area contributed by atoms with Gasteiger partial charge in [-0.2, -0.15) is 0 Å². The van der Waals surface area contributed by atoms with Gasteiger partial charge in [0.05, 0.1) is 0 Å². The number of hydrogen-bond acceptors (Lipinski definition) is 0. The van der Waals surface area contributed by atoms with Crippen LogP contribution in [0.1, 0.15) is 79.8 Å². The smallest absolute Gasteiger partial charge is 0.0480 e. The van der Waals surface area contributed by atoms with E-state index in [1.807, 2.05) is 0 Å². The lowest BCUT2D eigenvalue weighted by Crippen LogP contribution is -2.08.